The molecule has 0 unspecified atom stereocenters. The molecule has 2 heterocycles. The number of benzene rings is 1. The topological polar surface area (TPSA) is 76.8 Å². The number of carbonyl (C=O) groups excluding carboxylic acids is 1. The minimum atomic E-state index is -4.55. The standard InChI is InChI=1S/C20H20F4N6O/c1-3-29(13(2)7-8-14-11-26-17(12-25-14)20(22,23)24)19(31)15-5-4-6-16(21)18(15)30-27-9-10-28-30/h4-6,9-13H,3,7-8H2,1-2H3/t13-/m0/s1. The van der Waals surface area contributed by atoms with Crippen molar-refractivity contribution in [3.05, 3.63) is 65.8 Å². The zero-order chi connectivity index (χ0) is 22.6. The van der Waals surface area contributed by atoms with Crippen LogP contribution in [0.5, 0.6) is 0 Å². The average Bonchev–Trinajstić information content (AvgIpc) is 3.26. The second-order valence-electron chi connectivity index (χ2n) is 6.82. The van der Waals surface area contributed by atoms with E-state index in [4.69, 9.17) is 0 Å². The highest BCUT2D eigenvalue weighted by molar-refractivity contribution is 5.98. The van der Waals surface area contributed by atoms with Crippen molar-refractivity contribution in [3.8, 4) is 5.69 Å². The van der Waals surface area contributed by atoms with Crippen molar-refractivity contribution in [1.82, 2.24) is 29.9 Å². The lowest BCUT2D eigenvalue weighted by molar-refractivity contribution is -0.141. The van der Waals surface area contributed by atoms with Crippen molar-refractivity contribution in [2.24, 2.45) is 0 Å². The summed E-state index contributed by atoms with van der Waals surface area (Å²) in [6, 6.07) is 3.87. The van der Waals surface area contributed by atoms with Crippen LogP contribution in [-0.4, -0.2) is 48.4 Å². The predicted molar refractivity (Wildman–Crippen MR) is 103 cm³/mol. The van der Waals surface area contributed by atoms with Crippen molar-refractivity contribution < 1.29 is 22.4 Å². The number of aryl methyl sites for hydroxylation is 1. The van der Waals surface area contributed by atoms with Gasteiger partial charge in [-0.05, 0) is 38.8 Å². The molecule has 0 aliphatic carbocycles. The smallest absolute Gasteiger partial charge is 0.336 e. The fourth-order valence-corrected chi connectivity index (χ4v) is 3.18. The zero-order valence-electron chi connectivity index (χ0n) is 16.8. The minimum Gasteiger partial charge on any atom is -0.336 e. The Morgan fingerprint density at radius 1 is 1.16 bits per heavy atom. The van der Waals surface area contributed by atoms with Crippen molar-refractivity contribution in [1.29, 1.82) is 0 Å². The van der Waals surface area contributed by atoms with Gasteiger partial charge in [0.25, 0.3) is 5.91 Å². The molecule has 7 nitrogen and oxygen atoms in total. The monoisotopic (exact) mass is 436 g/mol. The maximum absolute atomic E-state index is 14.5. The van der Waals surface area contributed by atoms with Gasteiger partial charge in [0, 0.05) is 18.8 Å². The lowest BCUT2D eigenvalue weighted by Gasteiger charge is -2.29. The summed E-state index contributed by atoms with van der Waals surface area (Å²) < 4.78 is 52.3. The van der Waals surface area contributed by atoms with E-state index in [1.807, 2.05) is 6.92 Å². The molecule has 31 heavy (non-hydrogen) atoms. The maximum Gasteiger partial charge on any atom is 0.434 e. The zero-order valence-corrected chi connectivity index (χ0v) is 16.8. The van der Waals surface area contributed by atoms with E-state index < -0.39 is 23.6 Å². The summed E-state index contributed by atoms with van der Waals surface area (Å²) in [7, 11) is 0. The minimum absolute atomic E-state index is 0.0447. The number of nitrogens with zero attached hydrogens (tertiary/aromatic N) is 6. The van der Waals surface area contributed by atoms with Crippen LogP contribution >= 0.6 is 0 Å². The molecule has 0 aliphatic rings. The Hall–Kier alpha value is -3.37. The number of hydrogen-bond donors (Lipinski definition) is 0. The number of aromatic nitrogens is 5. The highest BCUT2D eigenvalue weighted by Gasteiger charge is 2.32. The van der Waals surface area contributed by atoms with Crippen molar-refractivity contribution in [2.75, 3.05) is 6.54 Å². The molecule has 0 saturated heterocycles. The van der Waals surface area contributed by atoms with E-state index in [0.717, 1.165) is 11.0 Å². The second kappa shape index (κ2) is 9.19. The normalized spacial score (nSPS) is 12.6. The molecule has 0 radical (unpaired) electrons. The van der Waals surface area contributed by atoms with Crippen LogP contribution in [0.25, 0.3) is 5.69 Å². The summed E-state index contributed by atoms with van der Waals surface area (Å²) in [5, 5.41) is 7.84. The molecular formula is C20H20F4N6O. The number of alkyl halides is 3. The largest absolute Gasteiger partial charge is 0.434 e. The maximum atomic E-state index is 14.5. The molecule has 164 valence electrons. The van der Waals surface area contributed by atoms with E-state index in [0.29, 0.717) is 31.3 Å². The van der Waals surface area contributed by atoms with Crippen LogP contribution in [0.4, 0.5) is 17.6 Å². The predicted octanol–water partition coefficient (Wildman–Crippen LogP) is 3.70. The lowest BCUT2D eigenvalue weighted by Crippen LogP contribution is -2.39. The Labute approximate surface area is 175 Å². The molecule has 0 saturated carbocycles. The first kappa shape index (κ1) is 22.3. The van der Waals surface area contributed by atoms with Crippen molar-refractivity contribution in [3.63, 3.8) is 0 Å². The van der Waals surface area contributed by atoms with Gasteiger partial charge in [0.1, 0.15) is 5.69 Å². The average molecular weight is 436 g/mol. The number of para-hydroxylation sites is 1. The van der Waals surface area contributed by atoms with Crippen LogP contribution in [0, 0.1) is 5.82 Å². The Kier molecular flexibility index (Phi) is 6.62. The van der Waals surface area contributed by atoms with E-state index in [9.17, 15) is 22.4 Å². The van der Waals surface area contributed by atoms with Crippen LogP contribution < -0.4 is 0 Å². The SMILES string of the molecule is CCN(C(=O)c1cccc(F)c1-n1nccn1)[C@@H](C)CCc1cnc(C(F)(F)F)cn1. The van der Waals surface area contributed by atoms with Gasteiger partial charge >= 0.3 is 6.18 Å². The van der Waals surface area contributed by atoms with Gasteiger partial charge in [0.2, 0.25) is 0 Å². The molecule has 3 rings (SSSR count). The van der Waals surface area contributed by atoms with Gasteiger partial charge < -0.3 is 4.90 Å². The van der Waals surface area contributed by atoms with Gasteiger partial charge in [-0.2, -0.15) is 23.4 Å². The van der Waals surface area contributed by atoms with Crippen molar-refractivity contribution in [2.45, 2.75) is 38.9 Å². The molecular weight excluding hydrogens is 416 g/mol. The molecule has 0 N–H and O–H groups in total. The molecule has 1 aromatic carbocycles. The second-order valence-corrected chi connectivity index (χ2v) is 6.82. The molecule has 2 aromatic heterocycles. The summed E-state index contributed by atoms with van der Waals surface area (Å²) in [5.41, 5.74) is -0.605. The molecule has 11 heteroatoms. The molecule has 1 atom stereocenters. The van der Waals surface area contributed by atoms with E-state index in [-0.39, 0.29) is 17.3 Å². The van der Waals surface area contributed by atoms with Gasteiger partial charge in [-0.25, -0.2) is 9.37 Å². The van der Waals surface area contributed by atoms with Crippen LogP contribution in [-0.2, 0) is 12.6 Å². The third-order valence-corrected chi connectivity index (χ3v) is 4.78. The number of amides is 1. The number of carbonyl (C=O) groups is 1. The van der Waals surface area contributed by atoms with Crippen LogP contribution in [0.1, 0.15) is 42.0 Å². The van der Waals surface area contributed by atoms with Crippen LogP contribution in [0.15, 0.2) is 43.0 Å². The van der Waals surface area contributed by atoms with E-state index in [1.165, 1.54) is 30.6 Å². The lowest BCUT2D eigenvalue weighted by atomic mass is 10.1. The van der Waals surface area contributed by atoms with Gasteiger partial charge in [-0.15, -0.1) is 4.80 Å². The first-order valence-electron chi connectivity index (χ1n) is 9.56. The third kappa shape index (κ3) is 5.04. The highest BCUT2D eigenvalue weighted by atomic mass is 19.4. The summed E-state index contributed by atoms with van der Waals surface area (Å²) in [6.07, 6.45) is 0.756. The van der Waals surface area contributed by atoms with Gasteiger partial charge in [0.15, 0.2) is 11.5 Å². The molecule has 3 aromatic rings. The van der Waals surface area contributed by atoms with Gasteiger partial charge in [0.05, 0.1) is 29.8 Å². The fraction of sp³-hybridized carbons (Fsp3) is 0.350. The summed E-state index contributed by atoms with van der Waals surface area (Å²) >= 11 is 0. The highest BCUT2D eigenvalue weighted by Crippen LogP contribution is 2.26. The third-order valence-electron chi connectivity index (χ3n) is 4.78. The molecule has 0 spiro atoms. The Morgan fingerprint density at radius 3 is 2.45 bits per heavy atom. The Morgan fingerprint density at radius 2 is 1.87 bits per heavy atom. The van der Waals surface area contributed by atoms with Crippen LogP contribution in [0.3, 0.4) is 0 Å². The van der Waals surface area contributed by atoms with Gasteiger partial charge in [-0.3, -0.25) is 9.78 Å². The van der Waals surface area contributed by atoms with Gasteiger partial charge in [-0.1, -0.05) is 6.07 Å². The fourth-order valence-electron chi connectivity index (χ4n) is 3.18. The number of halogens is 4. The Balaban J connectivity index is 1.75. The quantitative estimate of drug-likeness (QED) is 0.528. The summed E-state index contributed by atoms with van der Waals surface area (Å²) in [5.74, 6) is -1.04. The molecule has 0 bridgehead atoms. The van der Waals surface area contributed by atoms with E-state index >= 15 is 0 Å². The van der Waals surface area contributed by atoms with Crippen molar-refractivity contribution >= 4 is 5.91 Å². The summed E-state index contributed by atoms with van der Waals surface area (Å²) in [6.45, 7) is 3.95. The molecule has 1 amide bonds. The van der Waals surface area contributed by atoms with E-state index in [1.54, 1.807) is 11.8 Å². The first-order chi connectivity index (χ1) is 14.7. The summed E-state index contributed by atoms with van der Waals surface area (Å²) in [4.78, 5) is 23.0. The molecule has 0 aliphatic heterocycles. The van der Waals surface area contributed by atoms with E-state index in [2.05, 4.69) is 20.2 Å². The number of rotatable bonds is 7. The molecule has 0 fully saturated rings. The first-order valence-corrected chi connectivity index (χ1v) is 9.56. The van der Waals surface area contributed by atoms with Crippen LogP contribution in [0.2, 0.25) is 0 Å². The number of hydrogen-bond acceptors (Lipinski definition) is 5. The Bertz CT molecular complexity index is 1020.